The maximum Gasteiger partial charge on any atom is 0.263 e. The predicted molar refractivity (Wildman–Crippen MR) is 168 cm³/mol. The molecule has 1 amide bonds. The molecule has 3 atom stereocenters. The van der Waals surface area contributed by atoms with Crippen molar-refractivity contribution in [3.8, 4) is 11.8 Å². The number of amides is 1. The number of ether oxygens (including phenoxy) is 3. The molecule has 0 radical (unpaired) electrons. The minimum atomic E-state index is -0.481. The van der Waals surface area contributed by atoms with Gasteiger partial charge in [-0.05, 0) is 49.9 Å². The molecule has 0 saturated carbocycles. The third-order valence-electron chi connectivity index (χ3n) is 8.31. The van der Waals surface area contributed by atoms with Crippen LogP contribution in [0.5, 0.6) is 0 Å². The normalized spacial score (nSPS) is 18.4. The molecule has 2 aromatic heterocycles. The number of carbonyl (C=O) groups is 1. The molecule has 3 heterocycles. The van der Waals surface area contributed by atoms with Gasteiger partial charge in [-0.2, -0.15) is 5.10 Å². The fourth-order valence-corrected chi connectivity index (χ4v) is 6.31. The number of fused-ring (bicyclic) bond motifs is 1. The Morgan fingerprint density at radius 2 is 1.89 bits per heavy atom. The monoisotopic (exact) mass is 589 g/mol. The van der Waals surface area contributed by atoms with Crippen molar-refractivity contribution in [2.45, 2.75) is 37.7 Å². The fraction of sp³-hybridized carbons (Fsp3) is 0.294. The summed E-state index contributed by atoms with van der Waals surface area (Å²) in [5.41, 5.74) is 1.35. The third-order valence-corrected chi connectivity index (χ3v) is 8.31. The summed E-state index contributed by atoms with van der Waals surface area (Å²) in [6.45, 7) is 0.736. The number of hydrogen-bond donors (Lipinski definition) is 2. The minimum Gasteiger partial charge on any atom is -0.382 e. The quantitative estimate of drug-likeness (QED) is 0.156. The van der Waals surface area contributed by atoms with E-state index >= 15 is 0 Å². The molecular weight excluding hydrogens is 558 g/mol. The van der Waals surface area contributed by atoms with Gasteiger partial charge in [0.05, 0.1) is 25.5 Å². The smallest absolute Gasteiger partial charge is 0.263 e. The Kier molecular flexibility index (Phi) is 7.44. The number of H-pyrrole nitrogens is 1. The van der Waals surface area contributed by atoms with Crippen molar-refractivity contribution < 1.29 is 19.0 Å². The molecule has 4 aromatic carbocycles. The number of aromatic nitrogens is 4. The van der Waals surface area contributed by atoms with E-state index in [2.05, 4.69) is 80.8 Å². The van der Waals surface area contributed by atoms with Gasteiger partial charge in [-0.15, -0.1) is 0 Å². The molecule has 1 unspecified atom stereocenters. The first kappa shape index (κ1) is 28.0. The highest BCUT2D eigenvalue weighted by molar-refractivity contribution is 6.24. The van der Waals surface area contributed by atoms with Crippen molar-refractivity contribution in [1.29, 1.82) is 0 Å². The van der Waals surface area contributed by atoms with Gasteiger partial charge in [-0.1, -0.05) is 54.5 Å². The Morgan fingerprint density at radius 1 is 1.09 bits per heavy atom. The second-order valence-electron chi connectivity index (χ2n) is 11.0. The number of nitrogens with zero attached hydrogens (tertiary/aromatic N) is 3. The first-order valence-corrected chi connectivity index (χ1v) is 14.6. The number of nitrogens with one attached hydrogen (secondary N) is 2. The molecule has 10 nitrogen and oxygen atoms in total. The van der Waals surface area contributed by atoms with Gasteiger partial charge in [-0.3, -0.25) is 9.59 Å². The highest BCUT2D eigenvalue weighted by Gasteiger charge is 2.38. The SMILES string of the molecule is COC[C@H]1O[C@@H](n2nc(C#CCCNC(=O)Cc3cc4cccc5ccc6cccc3c6c54)c3c(=O)[nH]cnc32)CC1OC. The Bertz CT molecular complexity index is 2120. The molecule has 6 aromatic rings. The Hall–Kier alpha value is -4.82. The zero-order chi connectivity index (χ0) is 30.2. The van der Waals surface area contributed by atoms with E-state index < -0.39 is 6.23 Å². The molecule has 10 heteroatoms. The lowest BCUT2D eigenvalue weighted by Crippen LogP contribution is -2.27. The van der Waals surface area contributed by atoms with Gasteiger partial charge >= 0.3 is 0 Å². The number of aromatic amines is 1. The van der Waals surface area contributed by atoms with E-state index in [1.54, 1.807) is 18.9 Å². The molecule has 0 spiro atoms. The number of carbonyl (C=O) groups excluding carboxylic acids is 1. The summed E-state index contributed by atoms with van der Waals surface area (Å²) in [5, 5.41) is 14.9. The van der Waals surface area contributed by atoms with Crippen LogP contribution in [0.4, 0.5) is 0 Å². The van der Waals surface area contributed by atoms with Crippen molar-refractivity contribution >= 4 is 49.3 Å². The van der Waals surface area contributed by atoms with E-state index in [0.29, 0.717) is 42.7 Å². The molecular formula is C34H31N5O5. The molecule has 1 saturated heterocycles. The lowest BCUT2D eigenvalue weighted by atomic mass is 9.90. The minimum absolute atomic E-state index is 0.0753. The molecule has 2 N–H and O–H groups in total. The second-order valence-corrected chi connectivity index (χ2v) is 11.0. The van der Waals surface area contributed by atoms with Gasteiger partial charge in [0.25, 0.3) is 5.56 Å². The average Bonchev–Trinajstić information content (AvgIpc) is 3.62. The highest BCUT2D eigenvalue weighted by Crippen LogP contribution is 2.36. The summed E-state index contributed by atoms with van der Waals surface area (Å²) in [6, 6.07) is 18.9. The van der Waals surface area contributed by atoms with Crippen LogP contribution in [0, 0.1) is 11.8 Å². The van der Waals surface area contributed by atoms with E-state index in [1.807, 2.05) is 6.07 Å². The standard InChI is InChI=1S/C34H31N5O5/c1-42-18-27-26(43-2)17-29(44-27)39-33-32(34(41)37-19-36-33)25(38-39)11-3-4-14-35-28(40)16-23-15-22-9-5-7-20-12-13-21-8-6-10-24(23)31(21)30(20)22/h5-10,12-13,15,19,26-27,29H,4,14,16-18H2,1-2H3,(H,35,40)(H,36,37,41)/t26?,27-,29-/m1/s1. The molecule has 0 aliphatic carbocycles. The predicted octanol–water partition coefficient (Wildman–Crippen LogP) is 4.07. The average molecular weight is 590 g/mol. The topological polar surface area (TPSA) is 120 Å². The van der Waals surface area contributed by atoms with Crippen LogP contribution >= 0.6 is 0 Å². The maximum absolute atomic E-state index is 13.0. The summed E-state index contributed by atoms with van der Waals surface area (Å²) in [6.07, 6.45) is 1.59. The summed E-state index contributed by atoms with van der Waals surface area (Å²) in [4.78, 5) is 32.7. The van der Waals surface area contributed by atoms with Crippen LogP contribution in [-0.4, -0.2) is 65.2 Å². The molecule has 1 aliphatic rings. The number of benzene rings is 4. The summed E-state index contributed by atoms with van der Waals surface area (Å²) in [7, 11) is 3.24. The lowest BCUT2D eigenvalue weighted by Gasteiger charge is -2.15. The van der Waals surface area contributed by atoms with Crippen LogP contribution in [-0.2, 0) is 25.4 Å². The van der Waals surface area contributed by atoms with Crippen LogP contribution in [0.2, 0.25) is 0 Å². The third kappa shape index (κ3) is 4.95. The number of methoxy groups -OCH3 is 2. The maximum atomic E-state index is 13.0. The van der Waals surface area contributed by atoms with Gasteiger partial charge in [-0.25, -0.2) is 9.67 Å². The van der Waals surface area contributed by atoms with E-state index in [4.69, 9.17) is 14.2 Å². The van der Waals surface area contributed by atoms with Gasteiger partial charge in [0.15, 0.2) is 17.6 Å². The van der Waals surface area contributed by atoms with Crippen LogP contribution in [0.3, 0.4) is 0 Å². The van der Waals surface area contributed by atoms with Gasteiger partial charge in [0, 0.05) is 33.6 Å². The van der Waals surface area contributed by atoms with Crippen molar-refractivity contribution in [1.82, 2.24) is 25.1 Å². The molecule has 44 heavy (non-hydrogen) atoms. The number of hydrogen-bond acceptors (Lipinski definition) is 7. The molecule has 1 aliphatic heterocycles. The molecule has 1 fully saturated rings. The van der Waals surface area contributed by atoms with E-state index in [0.717, 1.165) is 16.3 Å². The first-order valence-electron chi connectivity index (χ1n) is 14.6. The van der Waals surface area contributed by atoms with Crippen LogP contribution < -0.4 is 10.9 Å². The number of rotatable bonds is 8. The van der Waals surface area contributed by atoms with Crippen molar-refractivity contribution in [3.05, 3.63) is 82.5 Å². The first-order chi connectivity index (χ1) is 21.6. The van der Waals surface area contributed by atoms with Crippen LogP contribution in [0.1, 0.15) is 30.3 Å². The summed E-state index contributed by atoms with van der Waals surface area (Å²) >= 11 is 0. The van der Waals surface area contributed by atoms with E-state index in [9.17, 15) is 9.59 Å². The van der Waals surface area contributed by atoms with Gasteiger partial charge in [0.1, 0.15) is 11.5 Å². The highest BCUT2D eigenvalue weighted by atomic mass is 16.6. The fourth-order valence-electron chi connectivity index (χ4n) is 6.31. The molecule has 7 rings (SSSR count). The largest absolute Gasteiger partial charge is 0.382 e. The zero-order valence-corrected chi connectivity index (χ0v) is 24.4. The van der Waals surface area contributed by atoms with E-state index in [-0.39, 0.29) is 30.1 Å². The Labute approximate surface area is 252 Å². The van der Waals surface area contributed by atoms with Gasteiger partial charge in [0.2, 0.25) is 5.91 Å². The van der Waals surface area contributed by atoms with E-state index in [1.165, 1.54) is 27.9 Å². The van der Waals surface area contributed by atoms with Crippen molar-refractivity contribution in [2.75, 3.05) is 27.4 Å². The second kappa shape index (κ2) is 11.7. The molecule has 222 valence electrons. The summed E-state index contributed by atoms with van der Waals surface area (Å²) < 4.78 is 18.6. The Morgan fingerprint density at radius 3 is 2.70 bits per heavy atom. The van der Waals surface area contributed by atoms with Crippen LogP contribution in [0.25, 0.3) is 43.4 Å². The van der Waals surface area contributed by atoms with Crippen molar-refractivity contribution in [2.24, 2.45) is 0 Å². The molecule has 0 bridgehead atoms. The van der Waals surface area contributed by atoms with Gasteiger partial charge < -0.3 is 24.5 Å². The lowest BCUT2D eigenvalue weighted by molar-refractivity contribution is -0.120. The Balaban J connectivity index is 1.06. The zero-order valence-electron chi connectivity index (χ0n) is 24.4. The summed E-state index contributed by atoms with van der Waals surface area (Å²) in [5.74, 6) is 5.99. The van der Waals surface area contributed by atoms with Crippen molar-refractivity contribution in [3.63, 3.8) is 0 Å². The van der Waals surface area contributed by atoms with Crippen LogP contribution in [0.15, 0.2) is 65.7 Å².